The summed E-state index contributed by atoms with van der Waals surface area (Å²) in [7, 11) is -3.61. The molecule has 1 aliphatic rings. The van der Waals surface area contributed by atoms with Crippen LogP contribution in [-0.2, 0) is 14.8 Å². The number of hydrogen-bond donors (Lipinski definition) is 0. The quantitative estimate of drug-likeness (QED) is 0.613. The van der Waals surface area contributed by atoms with Gasteiger partial charge in [-0.05, 0) is 48.5 Å². The van der Waals surface area contributed by atoms with Gasteiger partial charge in [0, 0.05) is 13.1 Å². The monoisotopic (exact) mass is 365 g/mol. The molecule has 2 aromatic rings. The molecule has 0 radical (unpaired) electrons. The number of sulfonamides is 1. The summed E-state index contributed by atoms with van der Waals surface area (Å²) in [5, 5.41) is 0. The van der Waals surface area contributed by atoms with Crippen LogP contribution in [0.3, 0.4) is 0 Å². The Bertz CT molecular complexity index is 844. The van der Waals surface area contributed by atoms with Gasteiger partial charge >= 0.3 is 5.97 Å². The highest BCUT2D eigenvalue weighted by molar-refractivity contribution is 7.89. The Morgan fingerprint density at radius 3 is 2.20 bits per heavy atom. The molecule has 0 atom stereocenters. The van der Waals surface area contributed by atoms with E-state index >= 15 is 0 Å². The van der Waals surface area contributed by atoms with E-state index < -0.39 is 21.8 Å². The van der Waals surface area contributed by atoms with E-state index in [0.717, 1.165) is 0 Å². The second-order valence-electron chi connectivity index (χ2n) is 5.38. The van der Waals surface area contributed by atoms with E-state index in [1.807, 2.05) is 0 Å². The maximum atomic E-state index is 12.8. The molecule has 1 heterocycles. The first-order chi connectivity index (χ1) is 12.0. The highest BCUT2D eigenvalue weighted by atomic mass is 32.2. The maximum Gasteiger partial charge on any atom is 0.343 e. The molecule has 0 aliphatic carbocycles. The van der Waals surface area contributed by atoms with Crippen molar-refractivity contribution in [2.24, 2.45) is 0 Å². The zero-order chi connectivity index (χ0) is 17.9. The van der Waals surface area contributed by atoms with E-state index in [9.17, 15) is 17.6 Å². The predicted molar refractivity (Wildman–Crippen MR) is 87.4 cm³/mol. The average molecular weight is 365 g/mol. The van der Waals surface area contributed by atoms with E-state index in [-0.39, 0.29) is 16.2 Å². The van der Waals surface area contributed by atoms with Crippen molar-refractivity contribution in [2.45, 2.75) is 4.90 Å². The van der Waals surface area contributed by atoms with Crippen LogP contribution in [0.1, 0.15) is 10.4 Å². The summed E-state index contributed by atoms with van der Waals surface area (Å²) in [6.07, 6.45) is 0. The van der Waals surface area contributed by atoms with Gasteiger partial charge in [-0.3, -0.25) is 0 Å². The Hall–Kier alpha value is -2.29. The molecule has 1 aliphatic heterocycles. The topological polar surface area (TPSA) is 72.9 Å². The van der Waals surface area contributed by atoms with Crippen LogP contribution in [0, 0.1) is 5.82 Å². The number of carbonyl (C=O) groups is 1. The molecular weight excluding hydrogens is 349 g/mol. The first-order valence-corrected chi connectivity index (χ1v) is 9.06. The second-order valence-corrected chi connectivity index (χ2v) is 7.32. The van der Waals surface area contributed by atoms with Crippen molar-refractivity contribution in [2.75, 3.05) is 26.3 Å². The summed E-state index contributed by atoms with van der Waals surface area (Å²) in [4.78, 5) is 12.2. The Morgan fingerprint density at radius 1 is 1.00 bits per heavy atom. The fraction of sp³-hybridized carbons (Fsp3) is 0.235. The lowest BCUT2D eigenvalue weighted by Crippen LogP contribution is -2.40. The van der Waals surface area contributed by atoms with E-state index in [1.54, 1.807) is 0 Å². The smallest absolute Gasteiger partial charge is 0.343 e. The van der Waals surface area contributed by atoms with Gasteiger partial charge in [0.05, 0.1) is 23.7 Å². The molecule has 6 nitrogen and oxygen atoms in total. The number of halogens is 1. The maximum absolute atomic E-state index is 12.8. The van der Waals surface area contributed by atoms with Crippen molar-refractivity contribution in [3.05, 3.63) is 59.9 Å². The molecule has 0 amide bonds. The average Bonchev–Trinajstić information content (AvgIpc) is 2.64. The van der Waals surface area contributed by atoms with Crippen LogP contribution in [0.5, 0.6) is 5.75 Å². The van der Waals surface area contributed by atoms with E-state index in [4.69, 9.17) is 9.47 Å². The van der Waals surface area contributed by atoms with Gasteiger partial charge in [0.15, 0.2) is 0 Å². The van der Waals surface area contributed by atoms with Crippen LogP contribution in [0.2, 0.25) is 0 Å². The lowest BCUT2D eigenvalue weighted by atomic mass is 10.2. The molecule has 1 fully saturated rings. The molecule has 132 valence electrons. The first kappa shape index (κ1) is 17.5. The normalized spacial score (nSPS) is 15.7. The molecule has 1 saturated heterocycles. The first-order valence-electron chi connectivity index (χ1n) is 7.62. The van der Waals surface area contributed by atoms with Crippen molar-refractivity contribution in [3.8, 4) is 5.75 Å². The van der Waals surface area contributed by atoms with Gasteiger partial charge in [-0.1, -0.05) is 0 Å². The van der Waals surface area contributed by atoms with Crippen LogP contribution < -0.4 is 4.74 Å². The Balaban J connectivity index is 1.73. The molecule has 8 heteroatoms. The van der Waals surface area contributed by atoms with Gasteiger partial charge in [-0.15, -0.1) is 0 Å². The summed E-state index contributed by atoms with van der Waals surface area (Å²) in [5.74, 6) is -0.879. The molecule has 0 spiro atoms. The molecule has 0 aromatic heterocycles. The summed E-state index contributed by atoms with van der Waals surface area (Å²) >= 11 is 0. The minimum Gasteiger partial charge on any atom is -0.423 e. The predicted octanol–water partition coefficient (Wildman–Crippen LogP) is 2.07. The van der Waals surface area contributed by atoms with Crippen molar-refractivity contribution in [1.29, 1.82) is 0 Å². The minimum atomic E-state index is -3.61. The molecule has 25 heavy (non-hydrogen) atoms. The number of hydrogen-bond acceptors (Lipinski definition) is 5. The van der Waals surface area contributed by atoms with Gasteiger partial charge in [0.1, 0.15) is 11.6 Å². The fourth-order valence-corrected chi connectivity index (χ4v) is 3.78. The second kappa shape index (κ2) is 7.30. The molecule has 0 bridgehead atoms. The SMILES string of the molecule is O=C(Oc1ccc(F)cc1)c1ccc(S(=O)(=O)N2CCOCC2)cc1. The highest BCUT2D eigenvalue weighted by Gasteiger charge is 2.26. The number of morpholine rings is 1. The van der Waals surface area contributed by atoms with Crippen molar-refractivity contribution in [3.63, 3.8) is 0 Å². The summed E-state index contributed by atoms with van der Waals surface area (Å²) in [5.41, 5.74) is 0.199. The van der Waals surface area contributed by atoms with Crippen LogP contribution in [0.25, 0.3) is 0 Å². The Labute approximate surface area is 144 Å². The third kappa shape index (κ3) is 4.04. The third-order valence-corrected chi connectivity index (χ3v) is 5.63. The van der Waals surface area contributed by atoms with E-state index in [1.165, 1.54) is 52.8 Å². The summed E-state index contributed by atoms with van der Waals surface area (Å²) in [6, 6.07) is 10.5. The van der Waals surface area contributed by atoms with Gasteiger partial charge < -0.3 is 9.47 Å². The van der Waals surface area contributed by atoms with Gasteiger partial charge in [0.2, 0.25) is 10.0 Å². The number of ether oxygens (including phenoxy) is 2. The standard InChI is InChI=1S/C17H16FNO5S/c18-14-3-5-15(6-4-14)24-17(20)13-1-7-16(8-2-13)25(21,22)19-9-11-23-12-10-19/h1-8H,9-12H2. The van der Waals surface area contributed by atoms with E-state index in [0.29, 0.717) is 26.3 Å². The molecule has 0 saturated carbocycles. The van der Waals surface area contributed by atoms with Gasteiger partial charge in [-0.25, -0.2) is 17.6 Å². The number of esters is 1. The lowest BCUT2D eigenvalue weighted by Gasteiger charge is -2.26. The number of carbonyl (C=O) groups excluding carboxylic acids is 1. The van der Waals surface area contributed by atoms with Crippen molar-refractivity contribution in [1.82, 2.24) is 4.31 Å². The molecular formula is C17H16FNO5S. The third-order valence-electron chi connectivity index (χ3n) is 3.72. The Morgan fingerprint density at radius 2 is 1.60 bits per heavy atom. The van der Waals surface area contributed by atoms with Gasteiger partial charge in [-0.2, -0.15) is 4.31 Å². The highest BCUT2D eigenvalue weighted by Crippen LogP contribution is 2.19. The van der Waals surface area contributed by atoms with Crippen molar-refractivity contribution < 1.29 is 27.1 Å². The van der Waals surface area contributed by atoms with Crippen molar-refractivity contribution >= 4 is 16.0 Å². The minimum absolute atomic E-state index is 0.104. The summed E-state index contributed by atoms with van der Waals surface area (Å²) < 4.78 is 49.5. The number of rotatable bonds is 4. The zero-order valence-electron chi connectivity index (χ0n) is 13.2. The zero-order valence-corrected chi connectivity index (χ0v) is 14.0. The van der Waals surface area contributed by atoms with Gasteiger partial charge in [0.25, 0.3) is 0 Å². The molecule has 0 N–H and O–H groups in total. The molecule has 3 rings (SSSR count). The van der Waals surface area contributed by atoms with Crippen LogP contribution in [0.15, 0.2) is 53.4 Å². The van der Waals surface area contributed by atoms with Crippen LogP contribution >= 0.6 is 0 Å². The molecule has 2 aromatic carbocycles. The van der Waals surface area contributed by atoms with E-state index in [2.05, 4.69) is 0 Å². The Kier molecular flexibility index (Phi) is 5.12. The van der Waals surface area contributed by atoms with Crippen LogP contribution in [0.4, 0.5) is 4.39 Å². The van der Waals surface area contributed by atoms with Crippen LogP contribution in [-0.4, -0.2) is 45.0 Å². The number of nitrogens with zero attached hydrogens (tertiary/aromatic N) is 1. The lowest BCUT2D eigenvalue weighted by molar-refractivity contribution is 0.0730. The molecule has 0 unspecified atom stereocenters. The fourth-order valence-electron chi connectivity index (χ4n) is 2.37. The summed E-state index contributed by atoms with van der Waals surface area (Å²) in [6.45, 7) is 1.33. The largest absolute Gasteiger partial charge is 0.423 e. The number of benzene rings is 2.